The predicted molar refractivity (Wildman–Crippen MR) is 78.3 cm³/mol. The van der Waals surface area contributed by atoms with Crippen molar-refractivity contribution in [2.24, 2.45) is 11.0 Å². The van der Waals surface area contributed by atoms with Crippen LogP contribution in [-0.2, 0) is 4.79 Å². The fourth-order valence-electron chi connectivity index (χ4n) is 1.86. The Morgan fingerprint density at radius 3 is 2.89 bits per heavy atom. The average Bonchev–Trinajstić information content (AvgIpc) is 2.38. The third-order valence-corrected chi connectivity index (χ3v) is 3.74. The summed E-state index contributed by atoms with van der Waals surface area (Å²) in [6.07, 6.45) is 6.14. The van der Waals surface area contributed by atoms with Crippen molar-refractivity contribution in [3.8, 4) is 5.75 Å². The minimum absolute atomic E-state index is 0.0494. The number of phenolic OH excluding ortho intramolecular Hbond substituents is 1. The van der Waals surface area contributed by atoms with Gasteiger partial charge in [0.2, 0.25) is 5.91 Å². The van der Waals surface area contributed by atoms with Crippen molar-refractivity contribution in [3.05, 3.63) is 29.8 Å². The first-order valence-electron chi connectivity index (χ1n) is 6.01. The van der Waals surface area contributed by atoms with Crippen molar-refractivity contribution in [3.63, 3.8) is 0 Å². The highest BCUT2D eigenvalue weighted by Gasteiger charge is 2.17. The number of hydrogen-bond acceptors (Lipinski definition) is 4. The Bertz CT molecular complexity index is 552. The Morgan fingerprint density at radius 2 is 2.26 bits per heavy atom. The van der Waals surface area contributed by atoms with E-state index in [9.17, 15) is 9.90 Å². The van der Waals surface area contributed by atoms with Crippen LogP contribution in [0, 0.1) is 5.92 Å². The molecule has 0 radical (unpaired) electrons. The number of hydrogen-bond donors (Lipinski definition) is 2. The smallest absolute Gasteiger partial charge is 0.240 e. The summed E-state index contributed by atoms with van der Waals surface area (Å²) in [5, 5.41) is 13.8. The second kappa shape index (κ2) is 5.93. The van der Waals surface area contributed by atoms with Crippen LogP contribution in [0.25, 0.3) is 6.08 Å². The van der Waals surface area contributed by atoms with Gasteiger partial charge >= 0.3 is 0 Å². The SMILES string of the molecule is CSc1ccc(C=CC2=NNC(=O)CC2C)cc1O. The number of phenols is 1. The molecular weight excluding hydrogens is 260 g/mol. The fraction of sp³-hybridized carbons (Fsp3) is 0.286. The minimum Gasteiger partial charge on any atom is -0.507 e. The van der Waals surface area contributed by atoms with Crippen molar-refractivity contribution in [2.75, 3.05) is 6.26 Å². The Balaban J connectivity index is 2.14. The van der Waals surface area contributed by atoms with Crippen molar-refractivity contribution >= 4 is 29.5 Å². The average molecular weight is 276 g/mol. The molecule has 5 heteroatoms. The van der Waals surface area contributed by atoms with Crippen LogP contribution in [0.15, 0.2) is 34.3 Å². The molecule has 0 fully saturated rings. The molecule has 1 aromatic carbocycles. The van der Waals surface area contributed by atoms with Gasteiger partial charge in [-0.3, -0.25) is 4.79 Å². The zero-order valence-electron chi connectivity index (χ0n) is 10.9. The second-order valence-corrected chi connectivity index (χ2v) is 5.29. The summed E-state index contributed by atoms with van der Waals surface area (Å²) in [7, 11) is 0. The standard InChI is InChI=1S/C14H16N2O2S/c1-9-7-14(18)16-15-11(9)5-3-10-4-6-13(19-2)12(17)8-10/h3-6,8-9,17H,7H2,1-2H3,(H,16,18). The third kappa shape index (κ3) is 3.38. The zero-order chi connectivity index (χ0) is 13.8. The Morgan fingerprint density at radius 1 is 1.47 bits per heavy atom. The van der Waals surface area contributed by atoms with E-state index in [2.05, 4.69) is 10.5 Å². The van der Waals surface area contributed by atoms with Crippen LogP contribution in [0.3, 0.4) is 0 Å². The molecule has 0 aromatic heterocycles. The number of carbonyl (C=O) groups is 1. The van der Waals surface area contributed by atoms with Crippen molar-refractivity contribution < 1.29 is 9.90 Å². The molecule has 0 aliphatic carbocycles. The van der Waals surface area contributed by atoms with Crippen LogP contribution >= 0.6 is 11.8 Å². The number of aromatic hydroxyl groups is 1. The lowest BCUT2D eigenvalue weighted by atomic mass is 9.99. The molecule has 1 amide bonds. The lowest BCUT2D eigenvalue weighted by molar-refractivity contribution is -0.121. The molecule has 0 spiro atoms. The Hall–Kier alpha value is -1.75. The molecule has 0 saturated carbocycles. The molecule has 0 bridgehead atoms. The molecule has 1 heterocycles. The van der Waals surface area contributed by atoms with Gasteiger partial charge < -0.3 is 5.11 Å². The molecule has 19 heavy (non-hydrogen) atoms. The maximum atomic E-state index is 11.1. The van der Waals surface area contributed by atoms with Crippen molar-refractivity contribution in [2.45, 2.75) is 18.2 Å². The predicted octanol–water partition coefficient (Wildman–Crippen LogP) is 2.64. The fourth-order valence-corrected chi connectivity index (χ4v) is 2.33. The maximum absolute atomic E-state index is 11.1. The maximum Gasteiger partial charge on any atom is 0.240 e. The van der Waals surface area contributed by atoms with Gasteiger partial charge in [0.15, 0.2) is 0 Å². The first kappa shape index (κ1) is 13.7. The van der Waals surface area contributed by atoms with E-state index in [-0.39, 0.29) is 17.6 Å². The normalized spacial score (nSPS) is 19.4. The first-order chi connectivity index (χ1) is 9.10. The molecule has 2 N–H and O–H groups in total. The first-order valence-corrected chi connectivity index (χ1v) is 7.24. The molecule has 1 atom stereocenters. The topological polar surface area (TPSA) is 61.7 Å². The summed E-state index contributed by atoms with van der Waals surface area (Å²) in [4.78, 5) is 12.0. The van der Waals surface area contributed by atoms with E-state index in [0.717, 1.165) is 16.2 Å². The van der Waals surface area contributed by atoms with E-state index in [0.29, 0.717) is 6.42 Å². The summed E-state index contributed by atoms with van der Waals surface area (Å²) in [5.41, 5.74) is 4.22. The quantitative estimate of drug-likeness (QED) is 0.834. The van der Waals surface area contributed by atoms with Gasteiger partial charge in [-0.1, -0.05) is 19.1 Å². The zero-order valence-corrected chi connectivity index (χ0v) is 11.7. The van der Waals surface area contributed by atoms with Gasteiger partial charge in [-0.2, -0.15) is 5.10 Å². The number of carbonyl (C=O) groups excluding carboxylic acids is 1. The summed E-state index contributed by atoms with van der Waals surface area (Å²) in [6, 6.07) is 5.54. The number of thioether (sulfide) groups is 1. The number of nitrogens with one attached hydrogen (secondary N) is 1. The van der Waals surface area contributed by atoms with Crippen molar-refractivity contribution in [1.82, 2.24) is 5.43 Å². The van der Waals surface area contributed by atoms with Crippen molar-refractivity contribution in [1.29, 1.82) is 0 Å². The van der Waals surface area contributed by atoms with E-state index in [1.807, 2.05) is 37.5 Å². The van der Waals surface area contributed by atoms with Gasteiger partial charge in [-0.15, -0.1) is 11.8 Å². The Kier molecular flexibility index (Phi) is 4.27. The van der Waals surface area contributed by atoms with Gasteiger partial charge in [0.25, 0.3) is 0 Å². The number of benzene rings is 1. The van der Waals surface area contributed by atoms with Crippen LogP contribution in [0.5, 0.6) is 5.75 Å². The number of hydrazone groups is 1. The molecule has 1 aromatic rings. The summed E-state index contributed by atoms with van der Waals surface area (Å²) < 4.78 is 0. The molecular formula is C14H16N2O2S. The molecule has 1 aliphatic heterocycles. The molecule has 1 unspecified atom stereocenters. The number of allylic oxidation sites excluding steroid dienone is 1. The van der Waals surface area contributed by atoms with Crippen LogP contribution in [0.2, 0.25) is 0 Å². The highest BCUT2D eigenvalue weighted by Crippen LogP contribution is 2.27. The second-order valence-electron chi connectivity index (χ2n) is 4.44. The highest BCUT2D eigenvalue weighted by molar-refractivity contribution is 7.98. The molecule has 4 nitrogen and oxygen atoms in total. The largest absolute Gasteiger partial charge is 0.507 e. The van der Waals surface area contributed by atoms with Gasteiger partial charge in [0, 0.05) is 17.2 Å². The van der Waals surface area contributed by atoms with E-state index in [1.165, 1.54) is 11.8 Å². The van der Waals surface area contributed by atoms with E-state index >= 15 is 0 Å². The lowest BCUT2D eigenvalue weighted by Gasteiger charge is -2.16. The van der Waals surface area contributed by atoms with Crippen LogP contribution in [0.1, 0.15) is 18.9 Å². The lowest BCUT2D eigenvalue weighted by Crippen LogP contribution is -2.30. The van der Waals surface area contributed by atoms with E-state index < -0.39 is 0 Å². The van der Waals surface area contributed by atoms with E-state index in [4.69, 9.17) is 0 Å². The molecule has 0 saturated heterocycles. The monoisotopic (exact) mass is 276 g/mol. The molecule has 100 valence electrons. The van der Waals surface area contributed by atoms with Crippen LogP contribution in [0.4, 0.5) is 0 Å². The van der Waals surface area contributed by atoms with Gasteiger partial charge in [-0.25, -0.2) is 5.43 Å². The van der Waals surface area contributed by atoms with E-state index in [1.54, 1.807) is 6.07 Å². The third-order valence-electron chi connectivity index (χ3n) is 2.96. The molecule has 2 rings (SSSR count). The number of nitrogens with zero attached hydrogens (tertiary/aromatic N) is 1. The van der Waals surface area contributed by atoms with Crippen LogP contribution in [-0.4, -0.2) is 23.0 Å². The highest BCUT2D eigenvalue weighted by atomic mass is 32.2. The van der Waals surface area contributed by atoms with Gasteiger partial charge in [0.1, 0.15) is 5.75 Å². The van der Waals surface area contributed by atoms with Gasteiger partial charge in [0.05, 0.1) is 5.71 Å². The summed E-state index contributed by atoms with van der Waals surface area (Å²) in [6.45, 7) is 1.97. The summed E-state index contributed by atoms with van der Waals surface area (Å²) >= 11 is 1.51. The Labute approximate surface area is 116 Å². The summed E-state index contributed by atoms with van der Waals surface area (Å²) in [5.74, 6) is 0.345. The molecule has 1 aliphatic rings. The van der Waals surface area contributed by atoms with Gasteiger partial charge in [-0.05, 0) is 30.0 Å². The van der Waals surface area contributed by atoms with Crippen LogP contribution < -0.4 is 5.43 Å². The minimum atomic E-state index is -0.0494. The number of amides is 1. The number of rotatable bonds is 3.